The highest BCUT2D eigenvalue weighted by atomic mass is 19.1. The summed E-state index contributed by atoms with van der Waals surface area (Å²) >= 11 is 0. The van der Waals surface area contributed by atoms with Crippen LogP contribution in [0.1, 0.15) is 11.3 Å². The third-order valence-corrected chi connectivity index (χ3v) is 2.51. The molecule has 0 atom stereocenters. The van der Waals surface area contributed by atoms with E-state index in [9.17, 15) is 4.39 Å². The largest absolute Gasteiger partial charge is 0.396 e. The highest BCUT2D eigenvalue weighted by molar-refractivity contribution is 5.63. The fourth-order valence-corrected chi connectivity index (χ4v) is 1.55. The molecule has 18 heavy (non-hydrogen) atoms. The van der Waals surface area contributed by atoms with Gasteiger partial charge in [0.25, 0.3) is 0 Å². The minimum absolute atomic E-state index is 0.119. The Bertz CT molecular complexity index is 611. The molecule has 0 spiro atoms. The molecule has 0 fully saturated rings. The van der Waals surface area contributed by atoms with E-state index in [-0.39, 0.29) is 11.5 Å². The van der Waals surface area contributed by atoms with Crippen molar-refractivity contribution in [1.29, 1.82) is 5.26 Å². The molecule has 3 N–H and O–H groups in total. The fourth-order valence-electron chi connectivity index (χ4n) is 1.55. The number of halogens is 1. The van der Waals surface area contributed by atoms with Crippen LogP contribution in [0.25, 0.3) is 0 Å². The van der Waals surface area contributed by atoms with Crippen LogP contribution in [0.15, 0.2) is 30.3 Å². The number of anilines is 3. The Balaban J connectivity index is 2.38. The number of hydrogen-bond donors (Lipinski definition) is 2. The van der Waals surface area contributed by atoms with Crippen molar-refractivity contribution in [2.75, 3.05) is 11.1 Å². The molecule has 0 aliphatic rings. The van der Waals surface area contributed by atoms with Gasteiger partial charge in [0.15, 0.2) is 5.69 Å². The number of hydrogen-bond acceptors (Lipinski definition) is 4. The van der Waals surface area contributed by atoms with Gasteiger partial charge in [-0.2, -0.15) is 5.26 Å². The van der Waals surface area contributed by atoms with Gasteiger partial charge in [-0.3, -0.25) is 0 Å². The number of nitrogens with one attached hydrogen (secondary N) is 1. The molecule has 2 aromatic rings. The first-order valence-corrected chi connectivity index (χ1v) is 5.30. The van der Waals surface area contributed by atoms with Crippen LogP contribution in [0.5, 0.6) is 0 Å². The monoisotopic (exact) mass is 242 g/mol. The van der Waals surface area contributed by atoms with Gasteiger partial charge in [0.05, 0.1) is 11.4 Å². The summed E-state index contributed by atoms with van der Waals surface area (Å²) in [5.41, 5.74) is 7.09. The van der Waals surface area contributed by atoms with E-state index in [1.807, 2.05) is 6.07 Å². The third kappa shape index (κ3) is 2.23. The highest BCUT2D eigenvalue weighted by Gasteiger charge is 2.07. The smallest absolute Gasteiger partial charge is 0.165 e. The van der Waals surface area contributed by atoms with Crippen LogP contribution in [0, 0.1) is 24.1 Å². The molecule has 4 nitrogen and oxygen atoms in total. The first-order chi connectivity index (χ1) is 8.61. The Labute approximate surface area is 104 Å². The molecule has 0 aliphatic heterocycles. The molecule has 5 heteroatoms. The Morgan fingerprint density at radius 3 is 2.78 bits per heavy atom. The van der Waals surface area contributed by atoms with Crippen LogP contribution in [-0.2, 0) is 0 Å². The molecule has 0 bridgehead atoms. The minimum atomic E-state index is -0.368. The topological polar surface area (TPSA) is 74.7 Å². The van der Waals surface area contributed by atoms with E-state index >= 15 is 0 Å². The summed E-state index contributed by atoms with van der Waals surface area (Å²) < 4.78 is 13.6. The van der Waals surface area contributed by atoms with Gasteiger partial charge >= 0.3 is 0 Å². The second kappa shape index (κ2) is 4.72. The number of aryl methyl sites for hydroxylation is 1. The Morgan fingerprint density at radius 2 is 2.11 bits per heavy atom. The lowest BCUT2D eigenvalue weighted by Crippen LogP contribution is -2.01. The SMILES string of the molecule is Cc1cccc(F)c1Nc1ccc(N)c(C#N)n1. The Morgan fingerprint density at radius 1 is 1.33 bits per heavy atom. The van der Waals surface area contributed by atoms with Crippen molar-refractivity contribution in [2.24, 2.45) is 0 Å². The van der Waals surface area contributed by atoms with E-state index in [4.69, 9.17) is 11.0 Å². The number of nitriles is 1. The van der Waals surface area contributed by atoms with Crippen molar-refractivity contribution < 1.29 is 4.39 Å². The maximum Gasteiger partial charge on any atom is 0.165 e. The lowest BCUT2D eigenvalue weighted by atomic mass is 10.2. The normalized spacial score (nSPS) is 9.83. The van der Waals surface area contributed by atoms with Gasteiger partial charge in [-0.05, 0) is 30.7 Å². The molecule has 1 aromatic carbocycles. The van der Waals surface area contributed by atoms with E-state index in [1.165, 1.54) is 6.07 Å². The number of aromatic nitrogens is 1. The zero-order valence-electron chi connectivity index (χ0n) is 9.74. The minimum Gasteiger partial charge on any atom is -0.396 e. The molecule has 0 aliphatic carbocycles. The van der Waals surface area contributed by atoms with Crippen molar-refractivity contribution >= 4 is 17.2 Å². The zero-order chi connectivity index (χ0) is 13.1. The fraction of sp³-hybridized carbons (Fsp3) is 0.0769. The molecule has 2 rings (SSSR count). The van der Waals surface area contributed by atoms with Crippen LogP contribution in [0.3, 0.4) is 0 Å². The average molecular weight is 242 g/mol. The van der Waals surface area contributed by atoms with E-state index in [2.05, 4.69) is 10.3 Å². The second-order valence-electron chi connectivity index (χ2n) is 3.80. The lowest BCUT2D eigenvalue weighted by Gasteiger charge is -2.10. The quantitative estimate of drug-likeness (QED) is 0.849. The van der Waals surface area contributed by atoms with E-state index in [0.717, 1.165) is 5.56 Å². The molecular weight excluding hydrogens is 231 g/mol. The maximum absolute atomic E-state index is 13.6. The second-order valence-corrected chi connectivity index (χ2v) is 3.80. The number of nitrogens with two attached hydrogens (primary N) is 1. The molecule has 90 valence electrons. The van der Waals surface area contributed by atoms with Gasteiger partial charge in [-0.25, -0.2) is 9.37 Å². The maximum atomic E-state index is 13.6. The standard InChI is InChI=1S/C13H11FN4/c1-8-3-2-4-9(14)13(8)18-12-6-5-10(16)11(7-15)17-12/h2-6H,16H2,1H3,(H,17,18). The van der Waals surface area contributed by atoms with Gasteiger partial charge in [-0.15, -0.1) is 0 Å². The van der Waals surface area contributed by atoms with Crippen LogP contribution >= 0.6 is 0 Å². The molecule has 0 amide bonds. The highest BCUT2D eigenvalue weighted by Crippen LogP contribution is 2.23. The van der Waals surface area contributed by atoms with Crippen LogP contribution in [-0.4, -0.2) is 4.98 Å². The van der Waals surface area contributed by atoms with Crippen LogP contribution in [0.2, 0.25) is 0 Å². The first-order valence-electron chi connectivity index (χ1n) is 5.30. The predicted molar refractivity (Wildman–Crippen MR) is 67.8 cm³/mol. The van der Waals surface area contributed by atoms with Crippen molar-refractivity contribution in [2.45, 2.75) is 6.92 Å². The number of para-hydroxylation sites is 1. The summed E-state index contributed by atoms with van der Waals surface area (Å²) in [7, 11) is 0. The van der Waals surface area contributed by atoms with Gasteiger partial charge < -0.3 is 11.1 Å². The summed E-state index contributed by atoms with van der Waals surface area (Å²) in [5.74, 6) is 0.0149. The van der Waals surface area contributed by atoms with Crippen LogP contribution < -0.4 is 11.1 Å². The number of benzene rings is 1. The summed E-state index contributed by atoms with van der Waals surface area (Å²) in [6.07, 6.45) is 0. The molecule has 0 saturated heterocycles. The first kappa shape index (κ1) is 11.9. The van der Waals surface area contributed by atoms with Crippen LogP contribution in [0.4, 0.5) is 21.6 Å². The lowest BCUT2D eigenvalue weighted by molar-refractivity contribution is 0.631. The number of nitrogens with zero attached hydrogens (tertiary/aromatic N) is 2. The van der Waals surface area contributed by atoms with E-state index in [0.29, 0.717) is 17.2 Å². The molecule has 0 unspecified atom stereocenters. The summed E-state index contributed by atoms with van der Waals surface area (Å²) in [6.45, 7) is 1.79. The average Bonchev–Trinajstić information content (AvgIpc) is 2.36. The van der Waals surface area contributed by atoms with Crippen molar-refractivity contribution in [3.63, 3.8) is 0 Å². The Kier molecular flexibility index (Phi) is 3.11. The van der Waals surface area contributed by atoms with Crippen molar-refractivity contribution in [1.82, 2.24) is 4.98 Å². The van der Waals surface area contributed by atoms with E-state index < -0.39 is 0 Å². The molecular formula is C13H11FN4. The third-order valence-electron chi connectivity index (χ3n) is 2.51. The van der Waals surface area contributed by atoms with Gasteiger partial charge in [0.1, 0.15) is 17.7 Å². The predicted octanol–water partition coefficient (Wildman–Crippen LogP) is 2.73. The number of rotatable bonds is 2. The van der Waals surface area contributed by atoms with E-state index in [1.54, 1.807) is 31.2 Å². The van der Waals surface area contributed by atoms with Crippen molar-refractivity contribution in [3.05, 3.63) is 47.4 Å². The van der Waals surface area contributed by atoms with Gasteiger partial charge in [0.2, 0.25) is 0 Å². The summed E-state index contributed by atoms with van der Waals surface area (Å²) in [5, 5.41) is 11.7. The molecule has 1 heterocycles. The summed E-state index contributed by atoms with van der Waals surface area (Å²) in [6, 6.07) is 9.82. The molecule has 1 aromatic heterocycles. The number of nitrogen functional groups attached to an aromatic ring is 1. The molecule has 0 saturated carbocycles. The van der Waals surface area contributed by atoms with Gasteiger partial charge in [-0.1, -0.05) is 12.1 Å². The van der Waals surface area contributed by atoms with Crippen molar-refractivity contribution in [3.8, 4) is 6.07 Å². The summed E-state index contributed by atoms with van der Waals surface area (Å²) in [4.78, 5) is 4.00. The number of pyridine rings is 1. The zero-order valence-corrected chi connectivity index (χ0v) is 9.74. The Hall–Kier alpha value is -2.61. The van der Waals surface area contributed by atoms with Gasteiger partial charge in [0, 0.05) is 0 Å². The molecule has 0 radical (unpaired) electrons.